The first-order valence-electron chi connectivity index (χ1n) is 14.2. The molecule has 0 spiro atoms. The minimum atomic E-state index is 0.707. The average molecular weight is 439 g/mol. The summed E-state index contributed by atoms with van der Waals surface area (Å²) in [5, 5.41) is 0. The molecule has 180 valence electrons. The highest BCUT2D eigenvalue weighted by Gasteiger charge is 2.22. The third kappa shape index (κ3) is 8.95. The molecule has 0 bridgehead atoms. The van der Waals surface area contributed by atoms with Crippen LogP contribution < -0.4 is 4.74 Å². The fourth-order valence-electron chi connectivity index (χ4n) is 6.13. The summed E-state index contributed by atoms with van der Waals surface area (Å²) in [6, 6.07) is 9.00. The van der Waals surface area contributed by atoms with E-state index < -0.39 is 0 Å². The van der Waals surface area contributed by atoms with Crippen molar-refractivity contribution in [3.05, 3.63) is 42.0 Å². The molecule has 2 aliphatic rings. The van der Waals surface area contributed by atoms with Crippen molar-refractivity contribution in [2.45, 2.75) is 122 Å². The van der Waals surface area contributed by atoms with E-state index in [9.17, 15) is 0 Å². The van der Waals surface area contributed by atoms with Crippen molar-refractivity contribution in [2.24, 2.45) is 17.8 Å². The number of hydrogen-bond acceptors (Lipinski definition) is 1. The summed E-state index contributed by atoms with van der Waals surface area (Å²) in [6.07, 6.45) is 27.3. The molecule has 0 unspecified atom stereocenters. The molecule has 1 nitrogen and oxygen atoms in total. The van der Waals surface area contributed by atoms with E-state index in [1.165, 1.54) is 108 Å². The molecule has 0 saturated heterocycles. The van der Waals surface area contributed by atoms with Crippen molar-refractivity contribution in [1.82, 2.24) is 0 Å². The SMILES string of the molecule is CCCCCCCC1CCC(C=CCOc2ccc(C3CCC(CCC)CC3)cc2)CC1. The normalized spacial score (nSPS) is 26.4. The van der Waals surface area contributed by atoms with Crippen molar-refractivity contribution in [2.75, 3.05) is 6.61 Å². The molecule has 1 heteroatoms. The van der Waals surface area contributed by atoms with Crippen LogP contribution in [0.4, 0.5) is 0 Å². The summed E-state index contributed by atoms with van der Waals surface area (Å²) in [5.74, 6) is 4.54. The highest BCUT2D eigenvalue weighted by atomic mass is 16.5. The Morgan fingerprint density at radius 1 is 0.719 bits per heavy atom. The van der Waals surface area contributed by atoms with Gasteiger partial charge in [0.15, 0.2) is 0 Å². The van der Waals surface area contributed by atoms with E-state index in [2.05, 4.69) is 50.3 Å². The van der Waals surface area contributed by atoms with E-state index in [1.54, 1.807) is 0 Å². The molecule has 2 saturated carbocycles. The Morgan fingerprint density at radius 2 is 1.38 bits per heavy atom. The standard InChI is InChI=1S/C31H50O/c1-3-5-6-7-8-11-27-13-15-28(16-14-27)12-9-25-32-31-23-21-30(22-24-31)29-19-17-26(10-4-2)18-20-29/h9,12,21-24,26-29H,3-8,10-11,13-20,25H2,1-2H3. The Labute approximate surface area is 199 Å². The van der Waals surface area contributed by atoms with Gasteiger partial charge in [-0.3, -0.25) is 0 Å². The third-order valence-electron chi connectivity index (χ3n) is 8.26. The Kier molecular flexibility index (Phi) is 11.8. The Bertz CT molecular complexity index is 614. The topological polar surface area (TPSA) is 9.23 Å². The van der Waals surface area contributed by atoms with Crippen LogP contribution in [-0.4, -0.2) is 6.61 Å². The number of unbranched alkanes of at least 4 members (excludes halogenated alkanes) is 4. The molecule has 0 amide bonds. The van der Waals surface area contributed by atoms with Crippen molar-refractivity contribution in [3.8, 4) is 5.75 Å². The van der Waals surface area contributed by atoms with Crippen LogP contribution in [-0.2, 0) is 0 Å². The van der Waals surface area contributed by atoms with Crippen molar-refractivity contribution < 1.29 is 4.74 Å². The van der Waals surface area contributed by atoms with Crippen LogP contribution >= 0.6 is 0 Å². The number of benzene rings is 1. The van der Waals surface area contributed by atoms with E-state index in [0.717, 1.165) is 29.4 Å². The lowest BCUT2D eigenvalue weighted by Gasteiger charge is -2.28. The predicted molar refractivity (Wildman–Crippen MR) is 140 cm³/mol. The second-order valence-electron chi connectivity index (χ2n) is 10.8. The molecule has 0 atom stereocenters. The van der Waals surface area contributed by atoms with Gasteiger partial charge in [-0.05, 0) is 92.7 Å². The Hall–Kier alpha value is -1.24. The summed E-state index contributed by atoms with van der Waals surface area (Å²) in [4.78, 5) is 0. The van der Waals surface area contributed by atoms with Gasteiger partial charge in [0.2, 0.25) is 0 Å². The predicted octanol–water partition coefficient (Wildman–Crippen LogP) is 9.86. The molecule has 32 heavy (non-hydrogen) atoms. The van der Waals surface area contributed by atoms with Crippen LogP contribution in [0.3, 0.4) is 0 Å². The van der Waals surface area contributed by atoms with Crippen LogP contribution in [0.15, 0.2) is 36.4 Å². The van der Waals surface area contributed by atoms with Gasteiger partial charge in [-0.1, -0.05) is 89.5 Å². The van der Waals surface area contributed by atoms with Gasteiger partial charge < -0.3 is 4.74 Å². The van der Waals surface area contributed by atoms with Crippen LogP contribution in [0, 0.1) is 17.8 Å². The Balaban J connectivity index is 1.28. The molecule has 2 aliphatic carbocycles. The van der Waals surface area contributed by atoms with Crippen molar-refractivity contribution in [1.29, 1.82) is 0 Å². The van der Waals surface area contributed by atoms with Crippen LogP contribution in [0.5, 0.6) is 5.75 Å². The monoisotopic (exact) mass is 438 g/mol. The second kappa shape index (κ2) is 14.8. The zero-order chi connectivity index (χ0) is 22.4. The molecule has 0 heterocycles. The summed E-state index contributed by atoms with van der Waals surface area (Å²) < 4.78 is 6.01. The summed E-state index contributed by atoms with van der Waals surface area (Å²) in [6.45, 7) is 5.33. The second-order valence-corrected chi connectivity index (χ2v) is 10.8. The lowest BCUT2D eigenvalue weighted by atomic mass is 9.77. The van der Waals surface area contributed by atoms with E-state index in [4.69, 9.17) is 4.74 Å². The molecule has 1 aromatic carbocycles. The minimum absolute atomic E-state index is 0.707. The van der Waals surface area contributed by atoms with Crippen molar-refractivity contribution >= 4 is 0 Å². The maximum absolute atomic E-state index is 6.01. The number of rotatable bonds is 13. The van der Waals surface area contributed by atoms with E-state index in [-0.39, 0.29) is 0 Å². The molecule has 0 N–H and O–H groups in total. The lowest BCUT2D eigenvalue weighted by molar-refractivity contribution is 0.287. The van der Waals surface area contributed by atoms with Gasteiger partial charge in [0.25, 0.3) is 0 Å². The first-order chi connectivity index (χ1) is 15.8. The highest BCUT2D eigenvalue weighted by Crippen LogP contribution is 2.38. The van der Waals surface area contributed by atoms with Gasteiger partial charge in [-0.15, -0.1) is 0 Å². The highest BCUT2D eigenvalue weighted by molar-refractivity contribution is 5.29. The Morgan fingerprint density at radius 3 is 2.06 bits per heavy atom. The molecule has 0 aliphatic heterocycles. The quantitative estimate of drug-likeness (QED) is 0.220. The molecular weight excluding hydrogens is 388 g/mol. The minimum Gasteiger partial charge on any atom is -0.490 e. The molecule has 3 rings (SSSR count). The molecule has 0 radical (unpaired) electrons. The van der Waals surface area contributed by atoms with Gasteiger partial charge in [-0.25, -0.2) is 0 Å². The summed E-state index contributed by atoms with van der Waals surface area (Å²) in [5.41, 5.74) is 1.52. The number of hydrogen-bond donors (Lipinski definition) is 0. The molecule has 1 aromatic rings. The molecular formula is C31H50O. The first kappa shape index (κ1) is 25.4. The van der Waals surface area contributed by atoms with Gasteiger partial charge in [-0.2, -0.15) is 0 Å². The van der Waals surface area contributed by atoms with E-state index >= 15 is 0 Å². The van der Waals surface area contributed by atoms with Gasteiger partial charge in [0.05, 0.1) is 0 Å². The van der Waals surface area contributed by atoms with Gasteiger partial charge in [0, 0.05) is 0 Å². The maximum atomic E-state index is 6.01. The first-order valence-corrected chi connectivity index (χ1v) is 14.2. The average Bonchev–Trinajstić information content (AvgIpc) is 2.84. The van der Waals surface area contributed by atoms with Crippen molar-refractivity contribution in [3.63, 3.8) is 0 Å². The largest absolute Gasteiger partial charge is 0.490 e. The molecule has 0 aromatic heterocycles. The lowest BCUT2D eigenvalue weighted by Crippen LogP contribution is -2.13. The summed E-state index contributed by atoms with van der Waals surface area (Å²) in [7, 11) is 0. The van der Waals surface area contributed by atoms with Gasteiger partial charge >= 0.3 is 0 Å². The number of ether oxygens (including phenoxy) is 1. The third-order valence-corrected chi connectivity index (χ3v) is 8.26. The fraction of sp³-hybridized carbons (Fsp3) is 0.742. The van der Waals surface area contributed by atoms with Crippen LogP contribution in [0.2, 0.25) is 0 Å². The maximum Gasteiger partial charge on any atom is 0.119 e. The van der Waals surface area contributed by atoms with E-state index in [0.29, 0.717) is 6.61 Å². The summed E-state index contributed by atoms with van der Waals surface area (Å²) >= 11 is 0. The zero-order valence-electron chi connectivity index (χ0n) is 21.2. The van der Waals surface area contributed by atoms with E-state index in [1.807, 2.05) is 0 Å². The smallest absolute Gasteiger partial charge is 0.119 e. The van der Waals surface area contributed by atoms with Crippen LogP contribution in [0.1, 0.15) is 128 Å². The fourth-order valence-corrected chi connectivity index (χ4v) is 6.13. The zero-order valence-corrected chi connectivity index (χ0v) is 21.2. The van der Waals surface area contributed by atoms with Crippen LogP contribution in [0.25, 0.3) is 0 Å². The number of allylic oxidation sites excluding steroid dienone is 1. The molecule has 2 fully saturated rings. The van der Waals surface area contributed by atoms with Gasteiger partial charge in [0.1, 0.15) is 12.4 Å².